The van der Waals surface area contributed by atoms with Gasteiger partial charge >= 0.3 is 0 Å². The van der Waals surface area contributed by atoms with Crippen LogP contribution in [0, 0.1) is 0 Å². The molecule has 19 heavy (non-hydrogen) atoms. The summed E-state index contributed by atoms with van der Waals surface area (Å²) in [5.41, 5.74) is 1.06. The van der Waals surface area contributed by atoms with Crippen molar-refractivity contribution in [3.8, 4) is 0 Å². The number of benzene rings is 1. The molecule has 1 fully saturated rings. The smallest absolute Gasteiger partial charge is 0.230 e. The van der Waals surface area contributed by atoms with Crippen LogP contribution in [0.25, 0.3) is 0 Å². The van der Waals surface area contributed by atoms with E-state index in [1.165, 1.54) is 4.90 Å². The number of hydrogen-bond acceptors (Lipinski definition) is 3. The SMILES string of the molecule is C=C[C@@H](COCc1ccccc1)N1C(=O)CCC1=O. The Morgan fingerprint density at radius 3 is 2.42 bits per heavy atom. The molecule has 0 bridgehead atoms. The van der Waals surface area contributed by atoms with Gasteiger partial charge in [0, 0.05) is 12.8 Å². The fraction of sp³-hybridized carbons (Fsp3) is 0.333. The second-order valence-corrected chi connectivity index (χ2v) is 4.46. The maximum atomic E-state index is 11.6. The van der Waals surface area contributed by atoms with Crippen molar-refractivity contribution < 1.29 is 14.3 Å². The highest BCUT2D eigenvalue weighted by molar-refractivity contribution is 6.02. The van der Waals surface area contributed by atoms with Crippen LogP contribution in [-0.4, -0.2) is 29.4 Å². The first-order valence-corrected chi connectivity index (χ1v) is 6.31. The van der Waals surface area contributed by atoms with Crippen LogP contribution in [0.2, 0.25) is 0 Å². The lowest BCUT2D eigenvalue weighted by atomic mass is 10.2. The summed E-state index contributed by atoms with van der Waals surface area (Å²) in [6.07, 6.45) is 2.18. The molecule has 1 aliphatic rings. The van der Waals surface area contributed by atoms with Crippen molar-refractivity contribution >= 4 is 11.8 Å². The van der Waals surface area contributed by atoms with Gasteiger partial charge in [-0.05, 0) is 5.56 Å². The fourth-order valence-electron chi connectivity index (χ4n) is 2.08. The van der Waals surface area contributed by atoms with Gasteiger partial charge in [0.15, 0.2) is 0 Å². The lowest BCUT2D eigenvalue weighted by Gasteiger charge is -2.23. The topological polar surface area (TPSA) is 46.6 Å². The standard InChI is InChI=1S/C15H17NO3/c1-2-13(16-14(17)8-9-15(16)18)11-19-10-12-6-4-3-5-7-12/h2-7,13H,1,8-11H2/t13-/m0/s1. The highest BCUT2D eigenvalue weighted by Crippen LogP contribution is 2.16. The van der Waals surface area contributed by atoms with Gasteiger partial charge < -0.3 is 4.74 Å². The van der Waals surface area contributed by atoms with E-state index in [4.69, 9.17) is 4.74 Å². The third-order valence-corrected chi connectivity index (χ3v) is 3.09. The molecule has 1 aliphatic heterocycles. The molecule has 0 radical (unpaired) electrons. The molecule has 1 atom stereocenters. The van der Waals surface area contributed by atoms with Gasteiger partial charge in [0.2, 0.25) is 11.8 Å². The Kier molecular flexibility index (Phi) is 4.47. The molecule has 0 unspecified atom stereocenters. The van der Waals surface area contributed by atoms with Gasteiger partial charge in [-0.1, -0.05) is 36.4 Å². The van der Waals surface area contributed by atoms with Crippen LogP contribution in [-0.2, 0) is 20.9 Å². The van der Waals surface area contributed by atoms with E-state index in [1.54, 1.807) is 6.08 Å². The first-order valence-electron chi connectivity index (χ1n) is 6.31. The zero-order chi connectivity index (χ0) is 13.7. The van der Waals surface area contributed by atoms with Crippen LogP contribution in [0.1, 0.15) is 18.4 Å². The molecule has 0 aliphatic carbocycles. The van der Waals surface area contributed by atoms with Crippen LogP contribution in [0.5, 0.6) is 0 Å². The van der Waals surface area contributed by atoms with Gasteiger partial charge in [-0.15, -0.1) is 6.58 Å². The minimum Gasteiger partial charge on any atom is -0.374 e. The van der Waals surface area contributed by atoms with E-state index in [2.05, 4.69) is 6.58 Å². The lowest BCUT2D eigenvalue weighted by Crippen LogP contribution is -2.40. The second-order valence-electron chi connectivity index (χ2n) is 4.46. The Hall–Kier alpha value is -1.94. The third kappa shape index (κ3) is 3.29. The molecule has 1 aromatic rings. The normalized spacial score (nSPS) is 16.7. The predicted molar refractivity (Wildman–Crippen MR) is 71.2 cm³/mol. The number of hydrogen-bond donors (Lipinski definition) is 0. The average molecular weight is 259 g/mol. The summed E-state index contributed by atoms with van der Waals surface area (Å²) in [6, 6.07) is 9.39. The molecule has 0 aromatic heterocycles. The number of likely N-dealkylation sites (tertiary alicyclic amines) is 1. The fourth-order valence-corrected chi connectivity index (χ4v) is 2.08. The van der Waals surface area contributed by atoms with E-state index in [-0.39, 0.29) is 24.5 Å². The molecule has 100 valence electrons. The maximum Gasteiger partial charge on any atom is 0.230 e. The van der Waals surface area contributed by atoms with Crippen molar-refractivity contribution in [3.63, 3.8) is 0 Å². The Morgan fingerprint density at radius 2 is 1.84 bits per heavy atom. The zero-order valence-corrected chi connectivity index (χ0v) is 10.7. The van der Waals surface area contributed by atoms with Crippen molar-refractivity contribution in [2.45, 2.75) is 25.5 Å². The quantitative estimate of drug-likeness (QED) is 0.579. The van der Waals surface area contributed by atoms with E-state index in [0.717, 1.165) is 5.56 Å². The minimum absolute atomic E-state index is 0.141. The van der Waals surface area contributed by atoms with Crippen molar-refractivity contribution in [2.75, 3.05) is 6.61 Å². The van der Waals surface area contributed by atoms with Gasteiger partial charge in [-0.2, -0.15) is 0 Å². The predicted octanol–water partition coefficient (Wildman–Crippen LogP) is 1.91. The molecule has 4 heteroatoms. The molecular weight excluding hydrogens is 242 g/mol. The molecule has 1 saturated heterocycles. The monoisotopic (exact) mass is 259 g/mol. The molecule has 0 saturated carbocycles. The average Bonchev–Trinajstić information content (AvgIpc) is 2.76. The Morgan fingerprint density at radius 1 is 1.21 bits per heavy atom. The largest absolute Gasteiger partial charge is 0.374 e. The van der Waals surface area contributed by atoms with Crippen LogP contribution < -0.4 is 0 Å². The number of nitrogens with zero attached hydrogens (tertiary/aromatic N) is 1. The lowest BCUT2D eigenvalue weighted by molar-refractivity contribution is -0.141. The van der Waals surface area contributed by atoms with Gasteiger partial charge in [0.25, 0.3) is 0 Å². The Balaban J connectivity index is 1.88. The van der Waals surface area contributed by atoms with Gasteiger partial charge in [0.05, 0.1) is 19.3 Å². The van der Waals surface area contributed by atoms with Gasteiger partial charge in [-0.3, -0.25) is 14.5 Å². The number of carbonyl (C=O) groups is 2. The molecule has 0 N–H and O–H groups in total. The highest BCUT2D eigenvalue weighted by atomic mass is 16.5. The van der Waals surface area contributed by atoms with Crippen LogP contribution in [0.4, 0.5) is 0 Å². The third-order valence-electron chi connectivity index (χ3n) is 3.09. The molecule has 1 heterocycles. The van der Waals surface area contributed by atoms with Crippen molar-refractivity contribution in [3.05, 3.63) is 48.6 Å². The molecule has 2 rings (SSSR count). The summed E-state index contributed by atoms with van der Waals surface area (Å²) in [7, 11) is 0. The van der Waals surface area contributed by atoms with Crippen molar-refractivity contribution in [1.82, 2.24) is 4.90 Å². The molecule has 2 amide bonds. The minimum atomic E-state index is -0.369. The summed E-state index contributed by atoms with van der Waals surface area (Å²) < 4.78 is 5.56. The summed E-state index contributed by atoms with van der Waals surface area (Å²) in [5.74, 6) is -0.281. The van der Waals surface area contributed by atoms with E-state index in [9.17, 15) is 9.59 Å². The Bertz CT molecular complexity index is 454. The number of ether oxygens (including phenoxy) is 1. The molecular formula is C15H17NO3. The summed E-state index contributed by atoms with van der Waals surface area (Å²) >= 11 is 0. The van der Waals surface area contributed by atoms with E-state index >= 15 is 0 Å². The van der Waals surface area contributed by atoms with Crippen LogP contribution in [0.15, 0.2) is 43.0 Å². The van der Waals surface area contributed by atoms with Crippen LogP contribution in [0.3, 0.4) is 0 Å². The number of carbonyl (C=O) groups excluding carboxylic acids is 2. The zero-order valence-electron chi connectivity index (χ0n) is 10.7. The summed E-state index contributed by atoms with van der Waals surface area (Å²) in [5, 5.41) is 0. The van der Waals surface area contributed by atoms with Crippen molar-refractivity contribution in [1.29, 1.82) is 0 Å². The van der Waals surface area contributed by atoms with Crippen molar-refractivity contribution in [2.24, 2.45) is 0 Å². The van der Waals surface area contributed by atoms with Gasteiger partial charge in [-0.25, -0.2) is 0 Å². The van der Waals surface area contributed by atoms with E-state index in [1.807, 2.05) is 30.3 Å². The van der Waals surface area contributed by atoms with Crippen LogP contribution >= 0.6 is 0 Å². The number of amides is 2. The molecule has 1 aromatic carbocycles. The summed E-state index contributed by atoms with van der Waals surface area (Å²) in [4.78, 5) is 24.5. The summed E-state index contributed by atoms with van der Waals surface area (Å²) in [6.45, 7) is 4.42. The first-order chi connectivity index (χ1) is 9.22. The number of imide groups is 1. The maximum absolute atomic E-state index is 11.6. The molecule has 4 nitrogen and oxygen atoms in total. The van der Waals surface area contributed by atoms with Gasteiger partial charge in [0.1, 0.15) is 0 Å². The van der Waals surface area contributed by atoms with E-state index < -0.39 is 0 Å². The Labute approximate surface area is 112 Å². The number of rotatable bonds is 6. The van der Waals surface area contributed by atoms with E-state index in [0.29, 0.717) is 19.4 Å². The second kappa shape index (κ2) is 6.29. The highest BCUT2D eigenvalue weighted by Gasteiger charge is 2.33. The first kappa shape index (κ1) is 13.5. The molecule has 0 spiro atoms.